The number of halogens is 2. The minimum Gasteiger partial charge on any atom is -0.397 e. The Morgan fingerprint density at radius 1 is 1.56 bits per heavy atom. The Hall–Kier alpha value is -1.17. The van der Waals surface area contributed by atoms with Crippen LogP contribution in [0.15, 0.2) is 6.07 Å². The first-order valence-electron chi connectivity index (χ1n) is 4.87. The highest BCUT2D eigenvalue weighted by Gasteiger charge is 2.17. The van der Waals surface area contributed by atoms with Crippen molar-refractivity contribution in [2.24, 2.45) is 5.92 Å². The molecule has 90 valence electrons. The summed E-state index contributed by atoms with van der Waals surface area (Å²) in [5, 5.41) is 3.04. The summed E-state index contributed by atoms with van der Waals surface area (Å²) in [6.45, 7) is 3.11. The van der Waals surface area contributed by atoms with Crippen molar-refractivity contribution in [3.8, 4) is 0 Å². The van der Waals surface area contributed by atoms with E-state index in [0.717, 1.165) is 11.3 Å². The van der Waals surface area contributed by atoms with E-state index in [2.05, 4.69) is 5.32 Å². The lowest BCUT2D eigenvalue weighted by Gasteiger charge is -2.02. The number of anilines is 2. The molecule has 0 saturated heterocycles. The zero-order valence-electron chi connectivity index (χ0n) is 9.09. The first-order valence-corrected chi connectivity index (χ1v) is 5.69. The van der Waals surface area contributed by atoms with E-state index in [9.17, 15) is 13.6 Å². The van der Waals surface area contributed by atoms with E-state index < -0.39 is 13.0 Å². The second-order valence-corrected chi connectivity index (χ2v) is 4.74. The maximum atomic E-state index is 12.0. The number of carbonyl (C=O) groups excluding carboxylic acids is 1. The number of thiophene rings is 1. The molecule has 0 amide bonds. The van der Waals surface area contributed by atoms with Gasteiger partial charge in [-0.15, -0.1) is 11.3 Å². The number of carbonyl (C=O) groups is 1. The molecular weight excluding hydrogens is 234 g/mol. The number of nitrogen functional groups attached to an aromatic ring is 1. The lowest BCUT2D eigenvalue weighted by atomic mass is 10.1. The van der Waals surface area contributed by atoms with Gasteiger partial charge in [-0.3, -0.25) is 4.79 Å². The Morgan fingerprint density at radius 2 is 2.19 bits per heavy atom. The monoisotopic (exact) mass is 248 g/mol. The predicted octanol–water partition coefficient (Wildman–Crippen LogP) is 2.85. The highest BCUT2D eigenvalue weighted by atomic mass is 32.1. The Labute approximate surface area is 96.6 Å². The van der Waals surface area contributed by atoms with Crippen LogP contribution in [0.3, 0.4) is 0 Å². The molecule has 1 aromatic rings. The first kappa shape index (κ1) is 12.9. The van der Waals surface area contributed by atoms with Crippen molar-refractivity contribution in [2.45, 2.75) is 20.3 Å². The Morgan fingerprint density at radius 3 is 2.69 bits per heavy atom. The molecule has 0 radical (unpaired) electrons. The van der Waals surface area contributed by atoms with Gasteiger partial charge in [0.25, 0.3) is 6.43 Å². The molecule has 16 heavy (non-hydrogen) atoms. The number of nitrogens with one attached hydrogen (secondary N) is 1. The van der Waals surface area contributed by atoms with Crippen molar-refractivity contribution in [1.29, 1.82) is 0 Å². The van der Waals surface area contributed by atoms with Crippen molar-refractivity contribution < 1.29 is 13.6 Å². The zero-order chi connectivity index (χ0) is 12.3. The van der Waals surface area contributed by atoms with Crippen LogP contribution in [0.1, 0.15) is 23.5 Å². The Bertz CT molecular complexity index is 377. The highest BCUT2D eigenvalue weighted by molar-refractivity contribution is 7.18. The summed E-state index contributed by atoms with van der Waals surface area (Å²) in [6, 6.07) is 1.52. The van der Waals surface area contributed by atoms with Gasteiger partial charge < -0.3 is 11.1 Å². The fourth-order valence-electron chi connectivity index (χ4n) is 1.12. The normalized spacial score (nSPS) is 11.1. The van der Waals surface area contributed by atoms with Gasteiger partial charge in [0.2, 0.25) is 0 Å². The van der Waals surface area contributed by atoms with Gasteiger partial charge in [-0.05, 0) is 6.07 Å². The molecule has 0 aliphatic heterocycles. The fourth-order valence-corrected chi connectivity index (χ4v) is 2.20. The summed E-state index contributed by atoms with van der Waals surface area (Å²) < 4.78 is 23.9. The van der Waals surface area contributed by atoms with E-state index in [0.29, 0.717) is 15.6 Å². The van der Waals surface area contributed by atoms with Crippen molar-refractivity contribution in [2.75, 3.05) is 17.6 Å². The van der Waals surface area contributed by atoms with Gasteiger partial charge in [-0.1, -0.05) is 13.8 Å². The molecule has 6 heteroatoms. The van der Waals surface area contributed by atoms with Crippen LogP contribution in [-0.2, 0) is 0 Å². The highest BCUT2D eigenvalue weighted by Crippen LogP contribution is 2.31. The van der Waals surface area contributed by atoms with Crippen molar-refractivity contribution in [3.05, 3.63) is 10.9 Å². The average molecular weight is 248 g/mol. The molecule has 0 aliphatic rings. The molecule has 1 heterocycles. The Balaban J connectivity index is 2.78. The summed E-state index contributed by atoms with van der Waals surface area (Å²) >= 11 is 1.12. The standard InChI is InChI=1S/C10H14F2N2OS/c1-5(2)9(15)10-6(13)3-8(16-10)14-4-7(11)12/h3,5,7,14H,4,13H2,1-2H3. The van der Waals surface area contributed by atoms with Crippen LogP contribution >= 0.6 is 11.3 Å². The third kappa shape index (κ3) is 3.16. The van der Waals surface area contributed by atoms with E-state index in [1.807, 2.05) is 0 Å². The number of nitrogens with two attached hydrogens (primary N) is 1. The minimum atomic E-state index is -2.42. The van der Waals surface area contributed by atoms with Gasteiger partial charge in [0.15, 0.2) is 5.78 Å². The van der Waals surface area contributed by atoms with E-state index in [1.54, 1.807) is 13.8 Å². The number of rotatable bonds is 5. The molecule has 0 aliphatic carbocycles. The lowest BCUT2D eigenvalue weighted by molar-refractivity contribution is 0.0944. The number of Topliss-reactive ketones (excluding diaryl/α,β-unsaturated/α-hetero) is 1. The average Bonchev–Trinajstić information content (AvgIpc) is 2.55. The van der Waals surface area contributed by atoms with E-state index >= 15 is 0 Å². The van der Waals surface area contributed by atoms with Gasteiger partial charge >= 0.3 is 0 Å². The van der Waals surface area contributed by atoms with E-state index in [1.165, 1.54) is 6.07 Å². The van der Waals surface area contributed by atoms with E-state index in [4.69, 9.17) is 5.73 Å². The molecule has 0 aromatic carbocycles. The van der Waals surface area contributed by atoms with Crippen LogP contribution < -0.4 is 11.1 Å². The lowest BCUT2D eigenvalue weighted by Crippen LogP contribution is -2.09. The third-order valence-electron chi connectivity index (χ3n) is 1.94. The quantitative estimate of drug-likeness (QED) is 0.788. The molecule has 0 fully saturated rings. The number of hydrogen-bond acceptors (Lipinski definition) is 4. The fraction of sp³-hybridized carbons (Fsp3) is 0.500. The molecule has 3 nitrogen and oxygen atoms in total. The minimum absolute atomic E-state index is 0.0624. The van der Waals surface area contributed by atoms with E-state index in [-0.39, 0.29) is 11.7 Å². The van der Waals surface area contributed by atoms with Crippen LogP contribution in [-0.4, -0.2) is 18.8 Å². The molecule has 0 bridgehead atoms. The van der Waals surface area contributed by atoms with Gasteiger partial charge in [0.1, 0.15) is 0 Å². The number of ketones is 1. The molecular formula is C10H14F2N2OS. The van der Waals surface area contributed by atoms with Crippen molar-refractivity contribution >= 4 is 27.8 Å². The molecule has 0 atom stereocenters. The third-order valence-corrected chi connectivity index (χ3v) is 3.06. The SMILES string of the molecule is CC(C)C(=O)c1sc(NCC(F)F)cc1N. The van der Waals surface area contributed by atoms with Crippen LogP contribution in [0.4, 0.5) is 19.5 Å². The molecule has 0 spiro atoms. The van der Waals surface area contributed by atoms with Gasteiger partial charge in [0.05, 0.1) is 22.1 Å². The smallest absolute Gasteiger partial charge is 0.255 e. The summed E-state index contributed by atoms with van der Waals surface area (Å²) in [4.78, 5) is 12.1. The summed E-state index contributed by atoms with van der Waals surface area (Å²) in [6.07, 6.45) is -2.42. The molecule has 1 rings (SSSR count). The predicted molar refractivity (Wildman–Crippen MR) is 62.4 cm³/mol. The molecule has 0 saturated carbocycles. The second-order valence-electron chi connectivity index (χ2n) is 3.69. The second kappa shape index (κ2) is 5.25. The zero-order valence-corrected chi connectivity index (χ0v) is 9.91. The summed E-state index contributed by atoms with van der Waals surface area (Å²) in [5.41, 5.74) is 6.00. The largest absolute Gasteiger partial charge is 0.397 e. The van der Waals surface area contributed by atoms with Gasteiger partial charge in [0, 0.05) is 5.92 Å². The maximum absolute atomic E-state index is 12.0. The van der Waals surface area contributed by atoms with Gasteiger partial charge in [-0.25, -0.2) is 8.78 Å². The topological polar surface area (TPSA) is 55.1 Å². The van der Waals surface area contributed by atoms with Crippen LogP contribution in [0.2, 0.25) is 0 Å². The van der Waals surface area contributed by atoms with Crippen LogP contribution in [0.25, 0.3) is 0 Å². The number of alkyl halides is 2. The Kier molecular flexibility index (Phi) is 4.23. The first-order chi connectivity index (χ1) is 7.41. The molecule has 3 N–H and O–H groups in total. The van der Waals surface area contributed by atoms with Crippen molar-refractivity contribution in [3.63, 3.8) is 0 Å². The van der Waals surface area contributed by atoms with Crippen LogP contribution in [0, 0.1) is 5.92 Å². The summed E-state index contributed by atoms with van der Waals surface area (Å²) in [7, 11) is 0. The molecule has 0 unspecified atom stereocenters. The van der Waals surface area contributed by atoms with Crippen LogP contribution in [0.5, 0.6) is 0 Å². The van der Waals surface area contributed by atoms with Crippen molar-refractivity contribution in [1.82, 2.24) is 0 Å². The maximum Gasteiger partial charge on any atom is 0.255 e. The molecule has 1 aromatic heterocycles. The number of hydrogen-bond donors (Lipinski definition) is 2. The summed E-state index contributed by atoms with van der Waals surface area (Å²) in [5.74, 6) is -0.212. The van der Waals surface area contributed by atoms with Gasteiger partial charge in [-0.2, -0.15) is 0 Å².